The third kappa shape index (κ3) is 9.02. The van der Waals surface area contributed by atoms with Crippen molar-refractivity contribution in [2.75, 3.05) is 25.5 Å². The van der Waals surface area contributed by atoms with E-state index in [0.717, 1.165) is 11.1 Å². The molecule has 0 saturated carbocycles. The molecule has 14 heteroatoms. The highest BCUT2D eigenvalue weighted by Crippen LogP contribution is 2.41. The zero-order chi connectivity index (χ0) is 35.7. The quantitative estimate of drug-likeness (QED) is 0.141. The number of nitrogens with one attached hydrogen (secondary N) is 2. The molecule has 0 aliphatic carbocycles. The fraction of sp³-hybridized carbons (Fsp3) is 0.250. The standard InChI is InChI=1S/C36H38N6O7S/c1-36(2,3)25-13-17-27(18-14-25)50(44,45)42-32-31(49-29-10-7-6-9-28(29)47-5)35(41-34(40-32)33-37-20-8-21-38-33)48-22-19-30(43)39-23-24-11-15-26(46-4)16-12-24/h6-18,20-21H,19,22-23H2,1-5H3,(H,39,43)(H,40,41,42). The summed E-state index contributed by atoms with van der Waals surface area (Å²) in [6.45, 7) is 6.28. The second-order valence-corrected chi connectivity index (χ2v) is 13.6. The number of benzene rings is 3. The number of carbonyl (C=O) groups is 1. The van der Waals surface area contributed by atoms with Crippen LogP contribution in [0.2, 0.25) is 0 Å². The van der Waals surface area contributed by atoms with Crippen molar-refractivity contribution >= 4 is 21.7 Å². The highest BCUT2D eigenvalue weighted by Gasteiger charge is 2.26. The Labute approximate surface area is 291 Å². The molecule has 2 aromatic heterocycles. The molecule has 2 heterocycles. The van der Waals surface area contributed by atoms with Crippen LogP contribution in [0.3, 0.4) is 0 Å². The molecule has 0 fully saturated rings. The Balaban J connectivity index is 1.48. The Morgan fingerprint density at radius 3 is 2.12 bits per heavy atom. The highest BCUT2D eigenvalue weighted by molar-refractivity contribution is 7.92. The fourth-order valence-electron chi connectivity index (χ4n) is 4.61. The summed E-state index contributed by atoms with van der Waals surface area (Å²) in [7, 11) is -1.16. The highest BCUT2D eigenvalue weighted by atomic mass is 32.2. The maximum absolute atomic E-state index is 13.8. The minimum atomic E-state index is -4.21. The molecule has 13 nitrogen and oxygen atoms in total. The molecule has 0 aliphatic heterocycles. The number of ether oxygens (including phenoxy) is 4. The summed E-state index contributed by atoms with van der Waals surface area (Å²) in [5, 5.41) is 2.85. The summed E-state index contributed by atoms with van der Waals surface area (Å²) in [5.41, 5.74) is 1.67. The summed E-state index contributed by atoms with van der Waals surface area (Å²) in [4.78, 5) is 30.2. The molecule has 0 atom stereocenters. The van der Waals surface area contributed by atoms with Gasteiger partial charge in [-0.1, -0.05) is 57.2 Å². The second-order valence-electron chi connectivity index (χ2n) is 12.0. The Kier molecular flexibility index (Phi) is 11.1. The minimum Gasteiger partial charge on any atom is -0.497 e. The van der Waals surface area contributed by atoms with Gasteiger partial charge in [-0.2, -0.15) is 4.98 Å². The Hall–Kier alpha value is -5.76. The molecule has 0 bridgehead atoms. The van der Waals surface area contributed by atoms with Gasteiger partial charge in [-0.15, -0.1) is 0 Å². The van der Waals surface area contributed by atoms with Gasteiger partial charge in [0.1, 0.15) is 5.75 Å². The minimum absolute atomic E-state index is 0.000800. The summed E-state index contributed by atoms with van der Waals surface area (Å²) >= 11 is 0. The zero-order valence-corrected chi connectivity index (χ0v) is 29.2. The van der Waals surface area contributed by atoms with Crippen molar-refractivity contribution in [3.63, 3.8) is 0 Å². The normalized spacial score (nSPS) is 11.4. The number of methoxy groups -OCH3 is 2. The van der Waals surface area contributed by atoms with Crippen LogP contribution in [0.4, 0.5) is 5.82 Å². The van der Waals surface area contributed by atoms with Crippen LogP contribution in [-0.2, 0) is 26.8 Å². The Morgan fingerprint density at radius 2 is 1.48 bits per heavy atom. The van der Waals surface area contributed by atoms with E-state index in [1.54, 1.807) is 49.6 Å². The van der Waals surface area contributed by atoms with Crippen molar-refractivity contribution in [2.45, 2.75) is 44.0 Å². The van der Waals surface area contributed by atoms with Gasteiger partial charge >= 0.3 is 0 Å². The van der Waals surface area contributed by atoms with E-state index in [-0.39, 0.29) is 64.1 Å². The molecular formula is C36H38N6O7S. The number of carbonyl (C=O) groups excluding carboxylic acids is 1. The first-order chi connectivity index (χ1) is 24.0. The van der Waals surface area contributed by atoms with Crippen LogP contribution in [0.25, 0.3) is 11.6 Å². The maximum atomic E-state index is 13.8. The van der Waals surface area contributed by atoms with Crippen LogP contribution in [-0.4, -0.2) is 55.1 Å². The SMILES string of the molecule is COc1ccc(CNC(=O)CCOc2nc(-c3ncccn3)nc(NS(=O)(=O)c3ccc(C(C)(C)C)cc3)c2Oc2ccccc2OC)cc1. The molecule has 2 N–H and O–H groups in total. The first-order valence-corrected chi connectivity index (χ1v) is 17.1. The number of nitrogens with zero attached hydrogens (tertiary/aromatic N) is 4. The van der Waals surface area contributed by atoms with E-state index in [4.69, 9.17) is 18.9 Å². The van der Waals surface area contributed by atoms with Gasteiger partial charge in [-0.25, -0.2) is 23.4 Å². The molecule has 0 aliphatic rings. The zero-order valence-electron chi connectivity index (χ0n) is 28.3. The molecule has 5 aromatic rings. The third-order valence-corrected chi connectivity index (χ3v) is 8.71. The van der Waals surface area contributed by atoms with Crippen molar-refractivity contribution in [1.82, 2.24) is 25.3 Å². The summed E-state index contributed by atoms with van der Waals surface area (Å²) in [5.74, 6) is 0.522. The monoisotopic (exact) mass is 698 g/mol. The van der Waals surface area contributed by atoms with Gasteiger partial charge in [0.25, 0.3) is 15.9 Å². The van der Waals surface area contributed by atoms with E-state index < -0.39 is 10.0 Å². The van der Waals surface area contributed by atoms with Gasteiger partial charge in [0, 0.05) is 18.9 Å². The number of sulfonamides is 1. The molecule has 0 saturated heterocycles. The van der Waals surface area contributed by atoms with Crippen LogP contribution >= 0.6 is 0 Å². The molecule has 0 spiro atoms. The molecule has 5 rings (SSSR count). The number of rotatable bonds is 14. The number of aromatic nitrogens is 4. The van der Waals surface area contributed by atoms with Gasteiger partial charge in [-0.05, 0) is 59.0 Å². The van der Waals surface area contributed by atoms with Crippen LogP contribution < -0.4 is 29.0 Å². The Morgan fingerprint density at radius 1 is 0.800 bits per heavy atom. The number of para-hydroxylation sites is 2. The fourth-order valence-corrected chi connectivity index (χ4v) is 5.61. The summed E-state index contributed by atoms with van der Waals surface area (Å²) in [6, 6.07) is 22.3. The molecule has 0 unspecified atom stereocenters. The van der Waals surface area contributed by atoms with Crippen molar-refractivity contribution in [3.05, 3.63) is 102 Å². The first-order valence-electron chi connectivity index (χ1n) is 15.6. The number of hydrogen-bond acceptors (Lipinski definition) is 11. The molecule has 3 aromatic carbocycles. The molecule has 50 heavy (non-hydrogen) atoms. The lowest BCUT2D eigenvalue weighted by molar-refractivity contribution is -0.121. The van der Waals surface area contributed by atoms with Crippen molar-refractivity contribution in [3.8, 4) is 40.5 Å². The van der Waals surface area contributed by atoms with Gasteiger partial charge in [0.2, 0.25) is 17.5 Å². The van der Waals surface area contributed by atoms with E-state index in [2.05, 4.69) is 30.0 Å². The van der Waals surface area contributed by atoms with Gasteiger partial charge < -0.3 is 24.3 Å². The lowest BCUT2D eigenvalue weighted by Crippen LogP contribution is -2.24. The average Bonchev–Trinajstić information content (AvgIpc) is 3.12. The van der Waals surface area contributed by atoms with Crippen LogP contribution in [0.15, 0.2) is 96.2 Å². The molecule has 0 radical (unpaired) electrons. The van der Waals surface area contributed by atoms with Gasteiger partial charge in [0.05, 0.1) is 32.1 Å². The summed E-state index contributed by atoms with van der Waals surface area (Å²) in [6.07, 6.45) is 2.95. The van der Waals surface area contributed by atoms with E-state index in [9.17, 15) is 13.2 Å². The third-order valence-electron chi connectivity index (χ3n) is 7.36. The second kappa shape index (κ2) is 15.6. The van der Waals surface area contributed by atoms with E-state index in [0.29, 0.717) is 18.0 Å². The largest absolute Gasteiger partial charge is 0.497 e. The lowest BCUT2D eigenvalue weighted by atomic mass is 9.87. The van der Waals surface area contributed by atoms with E-state index in [1.165, 1.54) is 31.6 Å². The number of anilines is 1. The molecule has 1 amide bonds. The maximum Gasteiger partial charge on any atom is 0.263 e. The number of amides is 1. The summed E-state index contributed by atoms with van der Waals surface area (Å²) < 4.78 is 53.0. The van der Waals surface area contributed by atoms with Crippen molar-refractivity contribution in [1.29, 1.82) is 0 Å². The lowest BCUT2D eigenvalue weighted by Gasteiger charge is -2.20. The van der Waals surface area contributed by atoms with E-state index >= 15 is 0 Å². The number of hydrogen-bond donors (Lipinski definition) is 2. The van der Waals surface area contributed by atoms with Gasteiger partial charge in [0.15, 0.2) is 23.1 Å². The van der Waals surface area contributed by atoms with Crippen molar-refractivity contribution in [2.24, 2.45) is 0 Å². The molecule has 260 valence electrons. The predicted molar refractivity (Wildman–Crippen MR) is 187 cm³/mol. The smallest absolute Gasteiger partial charge is 0.263 e. The van der Waals surface area contributed by atoms with Crippen LogP contribution in [0.5, 0.6) is 28.9 Å². The Bertz CT molecular complexity index is 2020. The van der Waals surface area contributed by atoms with Crippen LogP contribution in [0, 0.1) is 0 Å². The molecular weight excluding hydrogens is 660 g/mol. The first kappa shape index (κ1) is 35.5. The average molecular weight is 699 g/mol. The van der Waals surface area contributed by atoms with Crippen LogP contribution in [0.1, 0.15) is 38.3 Å². The van der Waals surface area contributed by atoms with Crippen molar-refractivity contribution < 1.29 is 32.2 Å². The van der Waals surface area contributed by atoms with E-state index in [1.807, 2.05) is 45.0 Å². The topological polar surface area (TPSA) is 164 Å². The van der Waals surface area contributed by atoms with Gasteiger partial charge in [-0.3, -0.25) is 9.52 Å². The predicted octanol–water partition coefficient (Wildman–Crippen LogP) is 5.93.